The molecule has 22 saturated heterocycles. The second-order valence-corrected chi connectivity index (χ2v) is 54.1. The van der Waals surface area contributed by atoms with Gasteiger partial charge in [0.15, 0.2) is 0 Å². The summed E-state index contributed by atoms with van der Waals surface area (Å²) in [6.07, 6.45) is 38.2. The van der Waals surface area contributed by atoms with E-state index in [2.05, 4.69) is 146 Å². The Labute approximate surface area is 867 Å². The molecule has 28 fully saturated rings. The Morgan fingerprint density at radius 3 is 1.26 bits per heavy atom. The molecular weight excluding hydrogens is 1910 g/mol. The third kappa shape index (κ3) is 36.8. The zero-order chi connectivity index (χ0) is 102. The number of thioether (sulfide) groups is 3. The minimum Gasteiger partial charge on any atom is -0.466 e. The zero-order valence-corrected chi connectivity index (χ0v) is 94.0. The van der Waals surface area contributed by atoms with E-state index in [0.717, 1.165) is 171 Å². The van der Waals surface area contributed by atoms with Crippen LogP contribution in [0.15, 0.2) is 0 Å². The Kier molecular flexibility index (Phi) is 50.1. The molecule has 32 heteroatoms. The molecule has 28 rings (SSSR count). The highest BCUT2D eigenvalue weighted by atomic mass is 32.2. The van der Waals surface area contributed by atoms with Crippen LogP contribution >= 0.6 is 35.3 Å². The van der Waals surface area contributed by atoms with Gasteiger partial charge in [0, 0.05) is 99.8 Å². The summed E-state index contributed by atoms with van der Waals surface area (Å²) < 4.78 is 132. The van der Waals surface area contributed by atoms with Crippen molar-refractivity contribution < 1.29 is 125 Å². The SMILES string of the molecule is CC1C2CC3C(=O)OC1C3C2.CC1C2CC3C(=O)OC1C3O2.CC1C2CC3C(O2)C1OS3(=O)=O.CC1C2CC3C1OS(=O)(=O)C3C2.CC1C2CC3OC(=O)C1C3C2.CC1CCC(=O)OC1.CC1CCCCO1.CC1CCCCS1.CC1CCCO1.CC1CCCOC1=O.CC1CCCSC1.CC1CCO1.CC1CCOC(=O)C1.CC1CCOC1.CC1CCOCC1.CC1CCSCC1.CC1CO1.CC1COC1. The van der Waals surface area contributed by atoms with Gasteiger partial charge in [-0.3, -0.25) is 37.1 Å². The standard InChI is InChI=1S/2C9H12O2.C8H12O3S.C8H10O3.C7H10O4S.3C6H10O2.2C6H12O.3C6H12S.2C5H10O.2C4H8O.C3H6O/c1-4-5-2-6-7(3-5)11-9(10)8(4)6;1-4-5-2-6-7(3-5)9(10)11-8(4)6;1-4-5-2-6-7(3-5)12(9,10)11-8(4)6;1-3-5-2-4-7(10-5)6(3)11-8(4)9;1-3-4-2-5-7(10-4)6(3)11-12(5,8)9;1-5-2-3-8-6(7)4-5;1-5-2-3-6(7)8-4-5;1-5-3-2-4-8-6(5)7;1-6-2-4-7-5-3-6;1-6-4-2-3-5-7-6;1-6-2-4-7-5-3-6;1-6-3-2-4-7-5-6;1-6-4-2-3-5-7-6;1-5-2-3-6-4-5;1-5-3-2-4-6-5;1-4-2-5-3-4;1-4-2-3-5-4;1-3-2-4-3/h2*4-8H,2-3H2,1H3;4-8H,2-3H2,1H3;3-7H,2H2,1H3;3-7H,2H2,1H3;3*5H,2-4H2,1H3;5*6H,2-5H2,1H3;2*5H,2-4H2,1H3;2*4H,2-3H2,1H3;3H,2H2,1H3. The summed E-state index contributed by atoms with van der Waals surface area (Å²) in [5.41, 5.74) is 0. The first-order valence-corrected chi connectivity index (χ1v) is 62.3. The van der Waals surface area contributed by atoms with Crippen LogP contribution in [0.3, 0.4) is 0 Å². The minimum absolute atomic E-state index is 0.0266. The van der Waals surface area contributed by atoms with Gasteiger partial charge in [-0.2, -0.15) is 52.1 Å². The molecule has 142 heavy (non-hydrogen) atoms. The molecule has 0 aromatic rings. The first-order valence-electron chi connectivity index (χ1n) is 56.0. The fourth-order valence-corrected chi connectivity index (χ4v) is 30.9. The lowest BCUT2D eigenvalue weighted by Gasteiger charge is -2.20. The van der Waals surface area contributed by atoms with E-state index in [1.54, 1.807) is 0 Å². The number of fused-ring (bicyclic) bond motifs is 5. The van der Waals surface area contributed by atoms with E-state index in [4.69, 9.17) is 79.4 Å². The van der Waals surface area contributed by atoms with E-state index in [1.165, 1.54) is 144 Å². The Morgan fingerprint density at radius 2 is 0.866 bits per heavy atom. The van der Waals surface area contributed by atoms with E-state index >= 15 is 0 Å². The maximum Gasteiger partial charge on any atom is 0.312 e. The van der Waals surface area contributed by atoms with E-state index < -0.39 is 20.2 Å². The van der Waals surface area contributed by atoms with Gasteiger partial charge in [0.05, 0.1) is 111 Å². The summed E-state index contributed by atoms with van der Waals surface area (Å²) in [6.45, 7) is 50.5. The third-order valence-corrected chi connectivity index (χ3v) is 41.3. The molecular formula is C110H188O27S5. The van der Waals surface area contributed by atoms with Gasteiger partial charge in [0.25, 0.3) is 20.2 Å². The zero-order valence-electron chi connectivity index (χ0n) is 89.9. The molecule has 0 spiro atoms. The number of hydrogen-bond acceptors (Lipinski definition) is 30. The Bertz CT molecular complexity index is 3700. The molecule has 0 N–H and O–H groups in total. The highest BCUT2D eigenvalue weighted by Crippen LogP contribution is 2.60. The van der Waals surface area contributed by atoms with Crippen molar-refractivity contribution in [2.75, 3.05) is 115 Å². The van der Waals surface area contributed by atoms with Crippen LogP contribution in [0, 0.1) is 130 Å². The van der Waals surface area contributed by atoms with Crippen molar-refractivity contribution in [1.29, 1.82) is 0 Å². The predicted octanol–water partition coefficient (Wildman–Crippen LogP) is 20.0. The van der Waals surface area contributed by atoms with Crippen LogP contribution in [0.25, 0.3) is 0 Å². The van der Waals surface area contributed by atoms with Crippen molar-refractivity contribution in [3.63, 3.8) is 0 Å². The lowest BCUT2D eigenvalue weighted by molar-refractivity contribution is -0.152. The summed E-state index contributed by atoms with van der Waals surface area (Å²) in [7, 11) is -6.45. The highest BCUT2D eigenvalue weighted by Gasteiger charge is 2.66. The van der Waals surface area contributed by atoms with Gasteiger partial charge in [-0.05, 0) is 301 Å². The second kappa shape index (κ2) is 59.5. The fourth-order valence-electron chi connectivity index (χ4n) is 23.7. The summed E-state index contributed by atoms with van der Waals surface area (Å²) in [5.74, 6) is 19.6. The number of epoxide rings is 1. The third-order valence-electron chi connectivity index (χ3n) is 34.0. The van der Waals surface area contributed by atoms with Crippen molar-refractivity contribution in [2.24, 2.45) is 130 Å². The lowest BCUT2D eigenvalue weighted by atomic mass is 9.81. The number of hydrogen-bond donors (Lipinski definition) is 0. The number of carbonyl (C=O) groups is 6. The summed E-state index contributed by atoms with van der Waals surface area (Å²) >= 11 is 6.32. The smallest absolute Gasteiger partial charge is 0.312 e. The molecule has 10 bridgehead atoms. The van der Waals surface area contributed by atoms with Crippen LogP contribution in [0.2, 0.25) is 0 Å². The number of rotatable bonds is 0. The first kappa shape index (κ1) is 120. The number of carbonyl (C=O) groups excluding carboxylic acids is 6. The highest BCUT2D eigenvalue weighted by molar-refractivity contribution is 8.00. The summed E-state index contributed by atoms with van der Waals surface area (Å²) in [4.78, 5) is 65.0. The van der Waals surface area contributed by atoms with E-state index in [-0.39, 0.29) is 107 Å². The topological polar surface area (TPSA) is 331 Å². The molecule has 35 unspecified atom stereocenters. The molecule has 0 aromatic carbocycles. The van der Waals surface area contributed by atoms with Gasteiger partial charge in [-0.25, -0.2) is 0 Å². The van der Waals surface area contributed by atoms with Crippen molar-refractivity contribution in [3.05, 3.63) is 0 Å². The van der Waals surface area contributed by atoms with E-state index in [0.29, 0.717) is 147 Å². The maximum atomic E-state index is 11.4. The minimum atomic E-state index is -3.29. The molecule has 28 aliphatic rings. The maximum absolute atomic E-state index is 11.4. The van der Waals surface area contributed by atoms with Gasteiger partial charge >= 0.3 is 35.8 Å². The second-order valence-electron chi connectivity index (χ2n) is 46.6. The Morgan fingerprint density at radius 1 is 0.303 bits per heavy atom. The first-order chi connectivity index (χ1) is 67.8. The molecule has 22 heterocycles. The lowest BCUT2D eigenvalue weighted by Crippen LogP contribution is -2.32. The summed E-state index contributed by atoms with van der Waals surface area (Å²) in [5, 5.41) is 0.432. The van der Waals surface area contributed by atoms with Gasteiger partial charge in [-0.1, -0.05) is 103 Å². The molecule has 820 valence electrons. The molecule has 6 aliphatic carbocycles. The van der Waals surface area contributed by atoms with Crippen LogP contribution in [0.5, 0.6) is 0 Å². The monoisotopic (exact) mass is 2100 g/mol. The van der Waals surface area contributed by atoms with Crippen molar-refractivity contribution in [1.82, 2.24) is 0 Å². The van der Waals surface area contributed by atoms with Gasteiger partial charge < -0.3 is 71.1 Å². The number of esters is 6. The number of ether oxygens (including phenoxy) is 15. The number of cyclic esters (lactones) is 3. The molecule has 0 radical (unpaired) electrons. The molecule has 22 aliphatic heterocycles. The van der Waals surface area contributed by atoms with Crippen molar-refractivity contribution in [2.45, 2.75) is 412 Å². The fraction of sp³-hybridized carbons (Fsp3) is 0.945. The molecule has 0 aromatic heterocycles. The van der Waals surface area contributed by atoms with E-state index in [1.807, 2.05) is 13.8 Å². The Hall–Kier alpha value is -2.67. The van der Waals surface area contributed by atoms with Crippen LogP contribution in [0.4, 0.5) is 0 Å². The predicted molar refractivity (Wildman–Crippen MR) is 555 cm³/mol. The molecule has 6 saturated carbocycles. The Balaban J connectivity index is 0.000000145. The van der Waals surface area contributed by atoms with Gasteiger partial charge in [0.2, 0.25) is 0 Å². The van der Waals surface area contributed by atoms with Gasteiger partial charge in [-0.15, -0.1) is 0 Å². The normalized spacial score (nSPS) is 42.3. The van der Waals surface area contributed by atoms with Crippen molar-refractivity contribution >= 4 is 91.3 Å². The van der Waals surface area contributed by atoms with Crippen molar-refractivity contribution in [3.8, 4) is 0 Å². The van der Waals surface area contributed by atoms with Crippen LogP contribution < -0.4 is 0 Å². The van der Waals surface area contributed by atoms with E-state index in [9.17, 15) is 45.6 Å². The van der Waals surface area contributed by atoms with Crippen LogP contribution in [-0.4, -0.2) is 262 Å². The molecule has 0 amide bonds. The quantitative estimate of drug-likeness (QED) is 0.0941. The average molecular weight is 2100 g/mol. The average Bonchev–Trinajstić information content (AvgIpc) is 1.57. The summed E-state index contributed by atoms with van der Waals surface area (Å²) in [6, 6.07) is 0. The van der Waals surface area contributed by atoms with Crippen LogP contribution in [-0.2, 0) is 128 Å². The van der Waals surface area contributed by atoms with Crippen LogP contribution in [0.1, 0.15) is 317 Å². The van der Waals surface area contributed by atoms with Gasteiger partial charge in [0.1, 0.15) is 41.9 Å². The largest absolute Gasteiger partial charge is 0.466 e. The molecule has 27 nitrogen and oxygen atoms in total. The molecule has 35 atom stereocenters.